The van der Waals surface area contributed by atoms with E-state index in [1.54, 1.807) is 58.2 Å². The van der Waals surface area contributed by atoms with E-state index in [9.17, 15) is 14.4 Å². The predicted molar refractivity (Wildman–Crippen MR) is 132 cm³/mol. The summed E-state index contributed by atoms with van der Waals surface area (Å²) in [5.41, 5.74) is 1.22. The van der Waals surface area contributed by atoms with Gasteiger partial charge in [0.05, 0.1) is 11.4 Å². The van der Waals surface area contributed by atoms with E-state index >= 15 is 0 Å². The number of hydrogen-bond acceptors (Lipinski definition) is 5. The Morgan fingerprint density at radius 1 is 1.15 bits per heavy atom. The second kappa shape index (κ2) is 8.72. The molecule has 1 atom stereocenters. The molecule has 8 nitrogen and oxygen atoms in total. The smallest absolute Gasteiger partial charge is 0.277 e. The first-order valence-electron chi connectivity index (χ1n) is 11.5. The Balaban J connectivity index is 1.54. The highest BCUT2D eigenvalue weighted by Gasteiger charge is 2.49. The molecule has 1 fully saturated rings. The molecule has 0 saturated heterocycles. The lowest BCUT2D eigenvalue weighted by Crippen LogP contribution is -2.65. The molecule has 1 aromatic carbocycles. The summed E-state index contributed by atoms with van der Waals surface area (Å²) in [6.07, 6.45) is 4.11. The van der Waals surface area contributed by atoms with Gasteiger partial charge in [-0.1, -0.05) is 18.9 Å². The Hall–Kier alpha value is -3.46. The molecule has 176 valence electrons. The van der Waals surface area contributed by atoms with Crippen LogP contribution in [0.2, 0.25) is 0 Å². The molecule has 3 amide bonds. The molecule has 2 N–H and O–H groups in total. The Kier molecular flexibility index (Phi) is 5.73. The number of nitrogens with zero attached hydrogens (tertiary/aromatic N) is 3. The maximum absolute atomic E-state index is 13.8. The summed E-state index contributed by atoms with van der Waals surface area (Å²) in [5.74, 6) is -0.636. The van der Waals surface area contributed by atoms with Gasteiger partial charge in [0, 0.05) is 24.3 Å². The van der Waals surface area contributed by atoms with Crippen molar-refractivity contribution in [1.29, 1.82) is 0 Å². The monoisotopic (exact) mass is 477 g/mol. The number of carbonyl (C=O) groups excluding carboxylic acids is 3. The molecule has 0 unspecified atom stereocenters. The summed E-state index contributed by atoms with van der Waals surface area (Å²) in [7, 11) is 0. The summed E-state index contributed by atoms with van der Waals surface area (Å²) >= 11 is 1.56. The molecule has 2 aliphatic rings. The average Bonchev–Trinajstić information content (AvgIpc) is 3.56. The Labute approximate surface area is 202 Å². The van der Waals surface area contributed by atoms with Crippen LogP contribution >= 0.6 is 11.3 Å². The van der Waals surface area contributed by atoms with Crippen LogP contribution < -0.4 is 15.5 Å². The van der Waals surface area contributed by atoms with Gasteiger partial charge in [-0.05, 0) is 61.5 Å². The minimum absolute atomic E-state index is 0.129. The van der Waals surface area contributed by atoms with Crippen molar-refractivity contribution in [2.75, 3.05) is 10.2 Å². The Bertz CT molecular complexity index is 1230. The normalized spacial score (nSPS) is 20.3. The van der Waals surface area contributed by atoms with Gasteiger partial charge >= 0.3 is 0 Å². The van der Waals surface area contributed by atoms with Crippen LogP contribution in [0.4, 0.5) is 11.4 Å². The largest absolute Gasteiger partial charge is 0.351 e. The number of rotatable bonds is 5. The van der Waals surface area contributed by atoms with E-state index in [1.807, 2.05) is 17.5 Å². The molecule has 34 heavy (non-hydrogen) atoms. The van der Waals surface area contributed by atoms with Crippen LogP contribution in [0.5, 0.6) is 0 Å². The number of aromatic nitrogens is 2. The molecule has 0 bridgehead atoms. The molecule has 0 radical (unpaired) electrons. The minimum atomic E-state index is -1.17. The predicted octanol–water partition coefficient (Wildman–Crippen LogP) is 4.05. The van der Waals surface area contributed by atoms with Crippen LogP contribution in [0.15, 0.2) is 47.8 Å². The van der Waals surface area contributed by atoms with Gasteiger partial charge in [0.2, 0.25) is 11.8 Å². The maximum atomic E-state index is 13.8. The first kappa shape index (κ1) is 22.3. The minimum Gasteiger partial charge on any atom is -0.351 e. The molecule has 3 aromatic rings. The Morgan fingerprint density at radius 3 is 2.53 bits per heavy atom. The SMILES string of the molecule is CC(=O)Nc1ccc(N2C(=O)c3cc(-c4cccs4)nn3C[C@]2(C)C(=O)NC2CCCC2)cc1. The number of fused-ring (bicyclic) bond motifs is 1. The third-order valence-corrected chi connectivity index (χ3v) is 7.44. The summed E-state index contributed by atoms with van der Waals surface area (Å²) in [6, 6.07) is 12.8. The van der Waals surface area contributed by atoms with Gasteiger partial charge < -0.3 is 10.6 Å². The van der Waals surface area contributed by atoms with Crippen LogP contribution in [0.1, 0.15) is 50.0 Å². The third-order valence-electron chi connectivity index (χ3n) is 6.55. The molecule has 1 aliphatic carbocycles. The van der Waals surface area contributed by atoms with Crippen molar-refractivity contribution in [2.24, 2.45) is 0 Å². The van der Waals surface area contributed by atoms with Crippen LogP contribution in [-0.4, -0.2) is 39.1 Å². The zero-order valence-electron chi connectivity index (χ0n) is 19.2. The summed E-state index contributed by atoms with van der Waals surface area (Å²) in [5, 5.41) is 12.6. The number of thiophene rings is 1. The highest BCUT2D eigenvalue weighted by atomic mass is 32.1. The van der Waals surface area contributed by atoms with Gasteiger partial charge in [-0.2, -0.15) is 5.10 Å². The zero-order valence-corrected chi connectivity index (χ0v) is 20.0. The fraction of sp³-hybridized carbons (Fsp3) is 0.360. The van der Waals surface area contributed by atoms with E-state index in [-0.39, 0.29) is 30.3 Å². The standard InChI is InChI=1S/C25H27N5O3S/c1-16(31)26-18-9-11-19(12-10-18)30-23(32)21-14-20(22-8-5-13-34-22)28-29(21)15-25(30,2)24(33)27-17-6-3-4-7-17/h5,8-14,17H,3-4,6-7,15H2,1-2H3,(H,26,31)(H,27,33)/t25-/m1/s1. The summed E-state index contributed by atoms with van der Waals surface area (Å²) < 4.78 is 1.66. The number of benzene rings is 1. The number of anilines is 2. The van der Waals surface area contributed by atoms with Gasteiger partial charge in [-0.15, -0.1) is 11.3 Å². The fourth-order valence-corrected chi connectivity index (χ4v) is 5.52. The molecule has 5 rings (SSSR count). The van der Waals surface area contributed by atoms with E-state index in [4.69, 9.17) is 0 Å². The molecular weight excluding hydrogens is 450 g/mol. The van der Waals surface area contributed by atoms with E-state index < -0.39 is 5.54 Å². The number of hydrogen-bond donors (Lipinski definition) is 2. The lowest BCUT2D eigenvalue weighted by molar-refractivity contribution is -0.127. The molecule has 9 heteroatoms. The quantitative estimate of drug-likeness (QED) is 0.580. The molecule has 0 spiro atoms. The zero-order chi connectivity index (χ0) is 23.9. The highest BCUT2D eigenvalue weighted by Crippen LogP contribution is 2.35. The van der Waals surface area contributed by atoms with E-state index in [2.05, 4.69) is 15.7 Å². The topological polar surface area (TPSA) is 96.3 Å². The van der Waals surface area contributed by atoms with Crippen molar-refractivity contribution in [2.45, 2.75) is 57.7 Å². The average molecular weight is 478 g/mol. The number of nitrogens with one attached hydrogen (secondary N) is 2. The molecule has 1 aliphatic heterocycles. The van der Waals surface area contributed by atoms with Gasteiger partial charge in [0.1, 0.15) is 16.9 Å². The second-order valence-electron chi connectivity index (χ2n) is 9.15. The van der Waals surface area contributed by atoms with Gasteiger partial charge in [0.15, 0.2) is 0 Å². The number of amides is 3. The van der Waals surface area contributed by atoms with Gasteiger partial charge in [0.25, 0.3) is 5.91 Å². The first-order valence-corrected chi connectivity index (χ1v) is 12.4. The van der Waals surface area contributed by atoms with E-state index in [1.165, 1.54) is 6.92 Å². The van der Waals surface area contributed by atoms with E-state index in [0.29, 0.717) is 17.1 Å². The van der Waals surface area contributed by atoms with Crippen LogP contribution in [0.25, 0.3) is 10.6 Å². The first-order chi connectivity index (χ1) is 16.3. The maximum Gasteiger partial charge on any atom is 0.277 e. The lowest BCUT2D eigenvalue weighted by atomic mass is 9.93. The highest BCUT2D eigenvalue weighted by molar-refractivity contribution is 7.13. The fourth-order valence-electron chi connectivity index (χ4n) is 4.84. The second-order valence-corrected chi connectivity index (χ2v) is 10.1. The van der Waals surface area contributed by atoms with Crippen LogP contribution in [0.3, 0.4) is 0 Å². The molecular formula is C25H27N5O3S. The van der Waals surface area contributed by atoms with Crippen LogP contribution in [0, 0.1) is 0 Å². The summed E-state index contributed by atoms with van der Waals surface area (Å²) in [6.45, 7) is 3.48. The lowest BCUT2D eigenvalue weighted by Gasteiger charge is -2.43. The van der Waals surface area contributed by atoms with E-state index in [0.717, 1.165) is 36.3 Å². The van der Waals surface area contributed by atoms with Crippen molar-refractivity contribution in [1.82, 2.24) is 15.1 Å². The van der Waals surface area contributed by atoms with Crippen molar-refractivity contribution in [3.63, 3.8) is 0 Å². The molecule has 1 saturated carbocycles. The summed E-state index contributed by atoms with van der Waals surface area (Å²) in [4.78, 5) is 41.5. The van der Waals surface area contributed by atoms with Crippen molar-refractivity contribution in [3.8, 4) is 10.6 Å². The van der Waals surface area contributed by atoms with Crippen molar-refractivity contribution in [3.05, 3.63) is 53.5 Å². The Morgan fingerprint density at radius 2 is 1.88 bits per heavy atom. The van der Waals surface area contributed by atoms with Gasteiger partial charge in [-0.25, -0.2) is 0 Å². The third kappa shape index (κ3) is 4.00. The number of carbonyl (C=O) groups is 3. The molecule has 3 heterocycles. The van der Waals surface area contributed by atoms with Crippen molar-refractivity contribution >= 4 is 40.4 Å². The van der Waals surface area contributed by atoms with Gasteiger partial charge in [-0.3, -0.25) is 24.0 Å². The molecule has 2 aromatic heterocycles. The van der Waals surface area contributed by atoms with Crippen LogP contribution in [-0.2, 0) is 16.1 Å². The van der Waals surface area contributed by atoms with Crippen molar-refractivity contribution < 1.29 is 14.4 Å².